The molecule has 6 N–H and O–H groups in total. The summed E-state index contributed by atoms with van der Waals surface area (Å²) >= 11 is 0. The third-order valence-corrected chi connectivity index (χ3v) is 8.14. The van der Waals surface area contributed by atoms with Gasteiger partial charge in [0.1, 0.15) is 25.3 Å². The first-order chi connectivity index (χ1) is 25.7. The Balaban J connectivity index is 1.50. The van der Waals surface area contributed by atoms with Crippen molar-refractivity contribution in [3.05, 3.63) is 81.9 Å². The summed E-state index contributed by atoms with van der Waals surface area (Å²) in [5.74, 6) is -2.55. The third kappa shape index (κ3) is 14.4. The van der Waals surface area contributed by atoms with Gasteiger partial charge in [0.15, 0.2) is 0 Å². The topological polar surface area (TPSA) is 258 Å². The SMILES string of the molecule is CC(C)C(NC(=O)CCCCCN1C(=O)C=CC1=O)C(=O)NC(CCCNC(N)=O)C(=O)Nc1ccc(COC(=O)OCc2ccc([N+](=O)[O-])cc2)cc1. The minimum absolute atomic E-state index is 0.0901. The molecule has 3 rings (SSSR count). The van der Waals surface area contributed by atoms with Crippen LogP contribution >= 0.6 is 0 Å². The Morgan fingerprint density at radius 1 is 0.815 bits per heavy atom. The number of anilines is 1. The van der Waals surface area contributed by atoms with Gasteiger partial charge in [-0.25, -0.2) is 9.59 Å². The van der Waals surface area contributed by atoms with Gasteiger partial charge < -0.3 is 36.5 Å². The number of nitro groups is 1. The monoisotopic (exact) mass is 751 g/mol. The molecular weight excluding hydrogens is 706 g/mol. The first-order valence-corrected chi connectivity index (χ1v) is 17.3. The van der Waals surface area contributed by atoms with Crippen LogP contribution in [0.2, 0.25) is 0 Å². The maximum Gasteiger partial charge on any atom is 0.508 e. The van der Waals surface area contributed by atoms with Crippen molar-refractivity contribution in [2.75, 3.05) is 18.4 Å². The van der Waals surface area contributed by atoms with Crippen LogP contribution in [0.15, 0.2) is 60.7 Å². The minimum atomic E-state index is -1.05. The van der Waals surface area contributed by atoms with E-state index in [4.69, 9.17) is 15.2 Å². The Morgan fingerprint density at radius 3 is 1.96 bits per heavy atom. The smallest absolute Gasteiger partial charge is 0.429 e. The maximum absolute atomic E-state index is 13.4. The highest BCUT2D eigenvalue weighted by Gasteiger charge is 2.29. The zero-order valence-electron chi connectivity index (χ0n) is 30.0. The number of unbranched alkanes of at least 4 members (excludes halogenated alkanes) is 2. The predicted octanol–water partition coefficient (Wildman–Crippen LogP) is 2.95. The van der Waals surface area contributed by atoms with E-state index in [0.29, 0.717) is 42.5 Å². The van der Waals surface area contributed by atoms with Gasteiger partial charge in [-0.05, 0) is 67.0 Å². The van der Waals surface area contributed by atoms with Crippen molar-refractivity contribution in [3.8, 4) is 0 Å². The van der Waals surface area contributed by atoms with Crippen LogP contribution in [0.1, 0.15) is 63.5 Å². The number of carbonyl (C=O) groups excluding carboxylic acids is 7. The molecule has 18 heteroatoms. The molecule has 290 valence electrons. The Kier molecular flexibility index (Phi) is 16.6. The maximum atomic E-state index is 13.4. The van der Waals surface area contributed by atoms with Crippen molar-refractivity contribution in [2.24, 2.45) is 11.7 Å². The summed E-state index contributed by atoms with van der Waals surface area (Å²) in [5, 5.41) is 21.4. The second-order valence-electron chi connectivity index (χ2n) is 12.7. The van der Waals surface area contributed by atoms with Crippen molar-refractivity contribution in [2.45, 2.75) is 77.7 Å². The van der Waals surface area contributed by atoms with Crippen molar-refractivity contribution < 1.29 is 48.0 Å². The molecule has 2 unspecified atom stereocenters. The molecule has 54 heavy (non-hydrogen) atoms. The summed E-state index contributed by atoms with van der Waals surface area (Å²) in [5.41, 5.74) is 6.54. The molecular formula is C36H45N7O11. The summed E-state index contributed by atoms with van der Waals surface area (Å²) in [6, 6.07) is 9.13. The number of primary amides is 1. The average Bonchev–Trinajstić information content (AvgIpc) is 3.45. The molecule has 0 spiro atoms. The summed E-state index contributed by atoms with van der Waals surface area (Å²) < 4.78 is 10.2. The molecule has 0 saturated heterocycles. The minimum Gasteiger partial charge on any atom is -0.429 e. The quantitative estimate of drug-likeness (QED) is 0.0407. The first kappa shape index (κ1) is 42.1. The molecule has 0 fully saturated rings. The number of nitro benzene ring substituents is 1. The zero-order chi connectivity index (χ0) is 39.6. The van der Waals surface area contributed by atoms with E-state index in [0.717, 1.165) is 4.90 Å². The van der Waals surface area contributed by atoms with Gasteiger partial charge in [-0.2, -0.15) is 0 Å². The highest BCUT2D eigenvalue weighted by molar-refractivity contribution is 6.12. The van der Waals surface area contributed by atoms with E-state index in [1.165, 1.54) is 36.4 Å². The van der Waals surface area contributed by atoms with Gasteiger partial charge >= 0.3 is 12.2 Å². The van der Waals surface area contributed by atoms with Crippen LogP contribution in [0, 0.1) is 16.0 Å². The number of nitrogens with one attached hydrogen (secondary N) is 4. The number of rotatable bonds is 21. The lowest BCUT2D eigenvalue weighted by Crippen LogP contribution is -2.54. The highest BCUT2D eigenvalue weighted by atomic mass is 16.7. The number of ether oxygens (including phenoxy) is 2. The van der Waals surface area contributed by atoms with Gasteiger partial charge in [0.05, 0.1) is 4.92 Å². The molecule has 1 heterocycles. The number of carbonyl (C=O) groups is 7. The highest BCUT2D eigenvalue weighted by Crippen LogP contribution is 2.15. The predicted molar refractivity (Wildman–Crippen MR) is 193 cm³/mol. The molecule has 0 aliphatic carbocycles. The Hall–Kier alpha value is -6.33. The van der Waals surface area contributed by atoms with Crippen molar-refractivity contribution in [3.63, 3.8) is 0 Å². The second-order valence-corrected chi connectivity index (χ2v) is 12.7. The zero-order valence-corrected chi connectivity index (χ0v) is 30.0. The summed E-state index contributed by atoms with van der Waals surface area (Å²) in [7, 11) is 0. The summed E-state index contributed by atoms with van der Waals surface area (Å²) in [4.78, 5) is 97.4. The van der Waals surface area contributed by atoms with Gasteiger partial charge in [-0.15, -0.1) is 0 Å². The molecule has 1 aliphatic heterocycles. The molecule has 2 atom stereocenters. The summed E-state index contributed by atoms with van der Waals surface area (Å²) in [6.07, 6.45) is 3.60. The van der Waals surface area contributed by atoms with E-state index in [1.807, 2.05) is 0 Å². The van der Waals surface area contributed by atoms with Crippen molar-refractivity contribution >= 4 is 53.1 Å². The van der Waals surface area contributed by atoms with Crippen LogP contribution in [0.5, 0.6) is 0 Å². The van der Waals surface area contributed by atoms with Crippen LogP contribution in [0.25, 0.3) is 0 Å². The summed E-state index contributed by atoms with van der Waals surface area (Å²) in [6.45, 7) is 3.62. The van der Waals surface area contributed by atoms with Crippen LogP contribution in [0.3, 0.4) is 0 Å². The largest absolute Gasteiger partial charge is 0.508 e. The number of benzene rings is 2. The molecule has 0 radical (unpaired) electrons. The number of urea groups is 1. The standard InChI is InChI=1S/C36H45N7O11/c1-23(2)32(41-29(44)8-4-3-5-20-42-30(45)17-18-31(42)46)34(48)40-28(7-6-19-38-35(37)49)33(47)39-26-13-9-24(10-14-26)21-53-36(50)54-22-25-11-15-27(16-12-25)43(51)52/h9-18,23,28,32H,3-8,19-22H2,1-2H3,(H,39,47)(H,40,48)(H,41,44)(H3,37,38,49). The van der Waals surface area contributed by atoms with E-state index >= 15 is 0 Å². The lowest BCUT2D eigenvalue weighted by molar-refractivity contribution is -0.384. The van der Waals surface area contributed by atoms with Crippen LogP contribution in [-0.2, 0) is 46.7 Å². The lowest BCUT2D eigenvalue weighted by atomic mass is 10.0. The molecule has 0 bridgehead atoms. The Morgan fingerprint density at radius 2 is 1.41 bits per heavy atom. The first-order valence-electron chi connectivity index (χ1n) is 17.3. The van der Waals surface area contributed by atoms with Gasteiger partial charge in [0.25, 0.3) is 17.5 Å². The number of amides is 7. The van der Waals surface area contributed by atoms with Crippen molar-refractivity contribution in [1.29, 1.82) is 0 Å². The average molecular weight is 752 g/mol. The van der Waals surface area contributed by atoms with E-state index in [-0.39, 0.29) is 68.5 Å². The normalized spacial score (nSPS) is 13.2. The number of nitrogens with two attached hydrogens (primary N) is 1. The van der Waals surface area contributed by atoms with Gasteiger partial charge in [-0.3, -0.25) is 39.0 Å². The van der Waals surface area contributed by atoms with E-state index in [1.54, 1.807) is 38.1 Å². The Labute approximate surface area is 311 Å². The molecule has 2 aromatic carbocycles. The number of nitrogens with zero attached hydrogens (tertiary/aromatic N) is 2. The fourth-order valence-electron chi connectivity index (χ4n) is 5.17. The van der Waals surface area contributed by atoms with Crippen LogP contribution < -0.4 is 27.0 Å². The molecule has 0 aromatic heterocycles. The van der Waals surface area contributed by atoms with E-state index in [9.17, 15) is 43.7 Å². The van der Waals surface area contributed by atoms with Crippen LogP contribution in [0.4, 0.5) is 21.0 Å². The number of imide groups is 1. The van der Waals surface area contributed by atoms with Crippen LogP contribution in [-0.4, -0.2) is 76.7 Å². The lowest BCUT2D eigenvalue weighted by Gasteiger charge is -2.25. The molecule has 2 aromatic rings. The van der Waals surface area contributed by atoms with E-state index < -0.39 is 41.0 Å². The molecule has 7 amide bonds. The molecule has 1 aliphatic rings. The third-order valence-electron chi connectivity index (χ3n) is 8.14. The number of hydrogen-bond acceptors (Lipinski definition) is 11. The fourth-order valence-corrected chi connectivity index (χ4v) is 5.17. The van der Waals surface area contributed by atoms with Gasteiger partial charge in [0, 0.05) is 49.5 Å². The second kappa shape index (κ2) is 21.3. The Bertz CT molecular complexity index is 1680. The molecule has 18 nitrogen and oxygen atoms in total. The molecule has 0 saturated carbocycles. The van der Waals surface area contributed by atoms with E-state index in [2.05, 4.69) is 21.3 Å². The fraction of sp³-hybridized carbons (Fsp3) is 0.417. The van der Waals surface area contributed by atoms with Crippen molar-refractivity contribution in [1.82, 2.24) is 20.9 Å². The number of hydrogen-bond donors (Lipinski definition) is 5. The number of non-ortho nitro benzene ring substituents is 1. The van der Waals surface area contributed by atoms with Gasteiger partial charge in [0.2, 0.25) is 17.7 Å². The van der Waals surface area contributed by atoms with Gasteiger partial charge in [-0.1, -0.05) is 32.4 Å².